The van der Waals surface area contributed by atoms with Gasteiger partial charge in [-0.3, -0.25) is 0 Å². The first-order valence-corrected chi connectivity index (χ1v) is 8.86. The highest BCUT2D eigenvalue weighted by Crippen LogP contribution is 2.19. The van der Waals surface area contributed by atoms with Crippen LogP contribution in [0.1, 0.15) is 52.9 Å². The van der Waals surface area contributed by atoms with Gasteiger partial charge in [-0.05, 0) is 78.4 Å². The molecule has 2 rings (SSSR count). The summed E-state index contributed by atoms with van der Waals surface area (Å²) < 4.78 is 5.45. The van der Waals surface area contributed by atoms with Gasteiger partial charge in [-0.2, -0.15) is 0 Å². The van der Waals surface area contributed by atoms with E-state index >= 15 is 0 Å². The molecule has 22 heavy (non-hydrogen) atoms. The van der Waals surface area contributed by atoms with E-state index in [1.54, 1.807) is 0 Å². The predicted molar refractivity (Wildman–Crippen MR) is 89.0 cm³/mol. The molecule has 1 unspecified atom stereocenters. The lowest BCUT2D eigenvalue weighted by molar-refractivity contribution is 0.0183. The van der Waals surface area contributed by atoms with Crippen LogP contribution in [0.2, 0.25) is 0 Å². The molecular weight excluding hydrogens is 278 g/mol. The third-order valence-electron chi connectivity index (χ3n) is 4.54. The number of carbonyl (C=O) groups is 1. The van der Waals surface area contributed by atoms with Gasteiger partial charge >= 0.3 is 6.09 Å². The zero-order chi connectivity index (χ0) is 16.0. The van der Waals surface area contributed by atoms with E-state index in [1.807, 2.05) is 25.7 Å². The minimum Gasteiger partial charge on any atom is -0.444 e. The maximum atomic E-state index is 12.0. The molecule has 0 aromatic carbocycles. The number of hydrogen-bond acceptors (Lipinski definition) is 4. The Labute approximate surface area is 135 Å². The number of nitrogens with one attached hydrogen (secondary N) is 2. The molecule has 0 spiro atoms. The molecule has 2 N–H and O–H groups in total. The fourth-order valence-corrected chi connectivity index (χ4v) is 3.20. The second-order valence-corrected chi connectivity index (χ2v) is 7.70. The van der Waals surface area contributed by atoms with Gasteiger partial charge in [0.15, 0.2) is 0 Å². The maximum Gasteiger partial charge on any atom is 0.410 e. The molecule has 2 saturated heterocycles. The number of likely N-dealkylation sites (tertiary alicyclic amines) is 1. The smallest absolute Gasteiger partial charge is 0.410 e. The lowest BCUT2D eigenvalue weighted by atomic mass is 9.96. The quantitative estimate of drug-likeness (QED) is 0.840. The summed E-state index contributed by atoms with van der Waals surface area (Å²) in [6, 6.07) is 0.666. The molecule has 0 aliphatic carbocycles. The lowest BCUT2D eigenvalue weighted by Crippen LogP contribution is -2.44. The normalized spacial score (nSPS) is 24.9. The summed E-state index contributed by atoms with van der Waals surface area (Å²) >= 11 is 0. The molecule has 5 nitrogen and oxygen atoms in total. The molecule has 1 amide bonds. The van der Waals surface area contributed by atoms with E-state index in [-0.39, 0.29) is 6.09 Å². The topological polar surface area (TPSA) is 53.6 Å². The zero-order valence-electron chi connectivity index (χ0n) is 14.5. The Balaban J connectivity index is 1.65. The van der Waals surface area contributed by atoms with Gasteiger partial charge in [0.25, 0.3) is 0 Å². The second kappa shape index (κ2) is 8.16. The van der Waals surface area contributed by atoms with Gasteiger partial charge in [0.1, 0.15) is 5.60 Å². The van der Waals surface area contributed by atoms with E-state index in [2.05, 4.69) is 10.6 Å². The summed E-state index contributed by atoms with van der Waals surface area (Å²) in [6.45, 7) is 10.8. The minimum absolute atomic E-state index is 0.159. The third kappa shape index (κ3) is 6.13. The fraction of sp³-hybridized carbons (Fsp3) is 0.941. The summed E-state index contributed by atoms with van der Waals surface area (Å²) in [5.41, 5.74) is -0.400. The number of hydrogen-bond donors (Lipinski definition) is 2. The van der Waals surface area contributed by atoms with Crippen molar-refractivity contribution >= 4 is 6.09 Å². The number of carbonyl (C=O) groups excluding carboxylic acids is 1. The number of piperidine rings is 1. The largest absolute Gasteiger partial charge is 0.444 e. The van der Waals surface area contributed by atoms with Crippen LogP contribution in [0.25, 0.3) is 0 Å². The van der Waals surface area contributed by atoms with Crippen molar-refractivity contribution < 1.29 is 9.53 Å². The Morgan fingerprint density at radius 3 is 2.59 bits per heavy atom. The molecule has 2 heterocycles. The summed E-state index contributed by atoms with van der Waals surface area (Å²) in [6.07, 6.45) is 5.79. The van der Waals surface area contributed by atoms with Crippen molar-refractivity contribution in [2.45, 2.75) is 64.5 Å². The molecule has 2 aliphatic rings. The summed E-state index contributed by atoms with van der Waals surface area (Å²) in [5, 5.41) is 7.19. The highest BCUT2D eigenvalue weighted by molar-refractivity contribution is 5.68. The average Bonchev–Trinajstić information content (AvgIpc) is 2.72. The SMILES string of the molecule is CC(C)(C)OC(=O)N1CCC(CNC2CCCNCC2)CC1. The Morgan fingerprint density at radius 2 is 1.91 bits per heavy atom. The summed E-state index contributed by atoms with van der Waals surface area (Å²) in [5.74, 6) is 0.690. The van der Waals surface area contributed by atoms with E-state index in [4.69, 9.17) is 4.74 Å². The number of rotatable bonds is 3. The highest BCUT2D eigenvalue weighted by atomic mass is 16.6. The van der Waals surface area contributed by atoms with Gasteiger partial charge in [-0.25, -0.2) is 4.79 Å². The molecule has 5 heteroatoms. The van der Waals surface area contributed by atoms with Crippen LogP contribution in [0.4, 0.5) is 4.79 Å². The molecule has 2 aliphatic heterocycles. The molecule has 0 aromatic rings. The Hall–Kier alpha value is -0.810. The van der Waals surface area contributed by atoms with Crippen LogP contribution < -0.4 is 10.6 Å². The monoisotopic (exact) mass is 311 g/mol. The first-order chi connectivity index (χ1) is 10.4. The van der Waals surface area contributed by atoms with E-state index in [1.165, 1.54) is 19.3 Å². The Bertz CT molecular complexity index is 338. The van der Waals surface area contributed by atoms with Gasteiger partial charge in [0.05, 0.1) is 0 Å². The van der Waals surface area contributed by atoms with Crippen LogP contribution in [-0.4, -0.2) is 55.4 Å². The van der Waals surface area contributed by atoms with E-state index in [0.717, 1.165) is 45.6 Å². The zero-order valence-corrected chi connectivity index (χ0v) is 14.5. The molecule has 0 bridgehead atoms. The summed E-state index contributed by atoms with van der Waals surface area (Å²) in [4.78, 5) is 13.9. The van der Waals surface area contributed by atoms with Crippen molar-refractivity contribution in [2.75, 3.05) is 32.7 Å². The fourth-order valence-electron chi connectivity index (χ4n) is 3.20. The minimum atomic E-state index is -0.400. The molecule has 128 valence electrons. The van der Waals surface area contributed by atoms with Gasteiger partial charge in [0.2, 0.25) is 0 Å². The van der Waals surface area contributed by atoms with Crippen LogP contribution in [0.3, 0.4) is 0 Å². The first kappa shape index (κ1) is 17.5. The molecule has 1 atom stereocenters. The standard InChI is InChI=1S/C17H33N3O2/c1-17(2,3)22-16(21)20-11-7-14(8-12-20)13-19-15-5-4-9-18-10-6-15/h14-15,18-19H,4-13H2,1-3H3. The van der Waals surface area contributed by atoms with Crippen molar-refractivity contribution in [1.29, 1.82) is 0 Å². The average molecular weight is 311 g/mol. The van der Waals surface area contributed by atoms with Crippen molar-refractivity contribution in [3.8, 4) is 0 Å². The van der Waals surface area contributed by atoms with Crippen molar-refractivity contribution in [3.05, 3.63) is 0 Å². The van der Waals surface area contributed by atoms with E-state index in [0.29, 0.717) is 12.0 Å². The van der Waals surface area contributed by atoms with Crippen molar-refractivity contribution in [3.63, 3.8) is 0 Å². The lowest BCUT2D eigenvalue weighted by Gasteiger charge is -2.34. The van der Waals surface area contributed by atoms with Gasteiger partial charge in [-0.15, -0.1) is 0 Å². The van der Waals surface area contributed by atoms with Gasteiger partial charge in [-0.1, -0.05) is 0 Å². The Kier molecular flexibility index (Phi) is 6.50. The molecule has 0 radical (unpaired) electrons. The maximum absolute atomic E-state index is 12.0. The first-order valence-electron chi connectivity index (χ1n) is 8.86. The molecule has 0 aromatic heterocycles. The predicted octanol–water partition coefficient (Wildman–Crippen LogP) is 2.37. The number of nitrogens with zero attached hydrogens (tertiary/aromatic N) is 1. The molecule has 0 saturated carbocycles. The van der Waals surface area contributed by atoms with Crippen LogP contribution >= 0.6 is 0 Å². The van der Waals surface area contributed by atoms with Crippen molar-refractivity contribution in [1.82, 2.24) is 15.5 Å². The highest BCUT2D eigenvalue weighted by Gasteiger charge is 2.27. The van der Waals surface area contributed by atoms with Crippen LogP contribution in [0.5, 0.6) is 0 Å². The second-order valence-electron chi connectivity index (χ2n) is 7.70. The third-order valence-corrected chi connectivity index (χ3v) is 4.54. The number of ether oxygens (including phenoxy) is 1. The molecular formula is C17H33N3O2. The van der Waals surface area contributed by atoms with Gasteiger partial charge < -0.3 is 20.3 Å². The Morgan fingerprint density at radius 1 is 1.18 bits per heavy atom. The molecule has 2 fully saturated rings. The van der Waals surface area contributed by atoms with Crippen LogP contribution in [0, 0.1) is 5.92 Å². The van der Waals surface area contributed by atoms with Crippen LogP contribution in [0.15, 0.2) is 0 Å². The van der Waals surface area contributed by atoms with Gasteiger partial charge in [0, 0.05) is 19.1 Å². The number of amides is 1. The summed E-state index contributed by atoms with van der Waals surface area (Å²) in [7, 11) is 0. The van der Waals surface area contributed by atoms with E-state index in [9.17, 15) is 4.79 Å². The van der Waals surface area contributed by atoms with E-state index < -0.39 is 5.60 Å². The van der Waals surface area contributed by atoms with Crippen LogP contribution in [-0.2, 0) is 4.74 Å². The van der Waals surface area contributed by atoms with Crippen molar-refractivity contribution in [2.24, 2.45) is 5.92 Å².